The van der Waals surface area contributed by atoms with Crippen molar-refractivity contribution in [1.82, 2.24) is 0 Å². The quantitative estimate of drug-likeness (QED) is 0.538. The molecule has 23 heavy (non-hydrogen) atoms. The topological polar surface area (TPSA) is 29.5 Å². The highest BCUT2D eigenvalue weighted by molar-refractivity contribution is 9.10. The average molecular weight is 406 g/mol. The highest BCUT2D eigenvalue weighted by Crippen LogP contribution is 2.38. The van der Waals surface area contributed by atoms with Crippen LogP contribution in [0.15, 0.2) is 57.9 Å². The zero-order valence-electron chi connectivity index (χ0n) is 12.2. The number of carbonyl (C=O) groups excluding carboxylic acids is 1. The number of anilines is 1. The fraction of sp³-hybridized carbons (Fsp3) is 0.0588. The molecule has 0 N–H and O–H groups in total. The molecular formula is C17H12BrNO2S2. The number of thioether (sulfide) groups is 1. The summed E-state index contributed by atoms with van der Waals surface area (Å²) < 4.78 is 6.50. The Morgan fingerprint density at radius 2 is 1.87 bits per heavy atom. The Morgan fingerprint density at radius 1 is 1.17 bits per heavy atom. The Morgan fingerprint density at radius 3 is 2.52 bits per heavy atom. The number of nitrogens with zero attached hydrogens (tertiary/aromatic N) is 1. The first-order valence-electron chi connectivity index (χ1n) is 6.76. The SMILES string of the molecule is COc1ccc(/C=C2\SC(=S)N(c3ccccc3Br)C2=O)cc1. The van der Waals surface area contributed by atoms with E-state index in [4.69, 9.17) is 17.0 Å². The van der Waals surface area contributed by atoms with Gasteiger partial charge in [0.1, 0.15) is 5.75 Å². The normalized spacial score (nSPS) is 16.3. The zero-order valence-corrected chi connectivity index (χ0v) is 15.4. The van der Waals surface area contributed by atoms with Gasteiger partial charge >= 0.3 is 0 Å². The molecule has 2 aromatic rings. The van der Waals surface area contributed by atoms with Crippen LogP contribution in [0.25, 0.3) is 6.08 Å². The number of benzene rings is 2. The lowest BCUT2D eigenvalue weighted by Gasteiger charge is -2.15. The van der Waals surface area contributed by atoms with Crippen LogP contribution in [0.2, 0.25) is 0 Å². The van der Waals surface area contributed by atoms with Gasteiger partial charge in [-0.25, -0.2) is 0 Å². The van der Waals surface area contributed by atoms with Crippen molar-refractivity contribution in [1.29, 1.82) is 0 Å². The van der Waals surface area contributed by atoms with E-state index in [0.29, 0.717) is 9.23 Å². The minimum Gasteiger partial charge on any atom is -0.497 e. The Balaban J connectivity index is 1.91. The fourth-order valence-corrected chi connectivity index (χ4v) is 3.91. The monoisotopic (exact) mass is 405 g/mol. The van der Waals surface area contributed by atoms with Crippen molar-refractivity contribution in [2.24, 2.45) is 0 Å². The van der Waals surface area contributed by atoms with Crippen LogP contribution in [0.4, 0.5) is 5.69 Å². The van der Waals surface area contributed by atoms with E-state index in [1.807, 2.05) is 54.6 Å². The molecule has 1 fully saturated rings. The van der Waals surface area contributed by atoms with Gasteiger partial charge in [-0.3, -0.25) is 9.69 Å². The molecule has 1 aliphatic rings. The highest BCUT2D eigenvalue weighted by Gasteiger charge is 2.34. The minimum atomic E-state index is -0.109. The van der Waals surface area contributed by atoms with Crippen LogP contribution in [0.3, 0.4) is 0 Å². The van der Waals surface area contributed by atoms with Crippen LogP contribution in [0, 0.1) is 0 Å². The van der Waals surface area contributed by atoms with Gasteiger partial charge in [-0.2, -0.15) is 0 Å². The minimum absolute atomic E-state index is 0.109. The number of hydrogen-bond acceptors (Lipinski definition) is 4. The predicted octanol–water partition coefficient (Wildman–Crippen LogP) is 4.86. The maximum atomic E-state index is 12.7. The molecule has 0 unspecified atom stereocenters. The molecule has 1 saturated heterocycles. The van der Waals surface area contributed by atoms with Gasteiger partial charge in [-0.15, -0.1) is 0 Å². The van der Waals surface area contributed by atoms with Crippen molar-refractivity contribution in [3.8, 4) is 5.75 Å². The lowest BCUT2D eigenvalue weighted by molar-refractivity contribution is -0.113. The highest BCUT2D eigenvalue weighted by atomic mass is 79.9. The second kappa shape index (κ2) is 6.86. The zero-order chi connectivity index (χ0) is 16.4. The third kappa shape index (κ3) is 3.34. The van der Waals surface area contributed by atoms with Crippen LogP contribution in [-0.2, 0) is 4.79 Å². The summed E-state index contributed by atoms with van der Waals surface area (Å²) in [5.74, 6) is 0.672. The van der Waals surface area contributed by atoms with E-state index in [1.54, 1.807) is 12.0 Å². The first kappa shape index (κ1) is 16.2. The molecule has 3 rings (SSSR count). The van der Waals surface area contributed by atoms with Crippen molar-refractivity contribution in [3.63, 3.8) is 0 Å². The van der Waals surface area contributed by atoms with Gasteiger partial charge in [0.05, 0.1) is 17.7 Å². The number of amides is 1. The van der Waals surface area contributed by atoms with Gasteiger partial charge in [0.2, 0.25) is 0 Å². The number of methoxy groups -OCH3 is 1. The average Bonchev–Trinajstić information content (AvgIpc) is 2.83. The molecule has 6 heteroatoms. The molecule has 1 heterocycles. The first-order valence-corrected chi connectivity index (χ1v) is 8.78. The first-order chi connectivity index (χ1) is 11.1. The molecule has 0 aromatic heterocycles. The standard InChI is InChI=1S/C17H12BrNO2S2/c1-21-12-8-6-11(7-9-12)10-15-16(20)19(17(22)23-15)14-5-3-2-4-13(14)18/h2-10H,1H3/b15-10-. The number of halogens is 1. The van der Waals surface area contributed by atoms with Crippen molar-refractivity contribution in [3.05, 3.63) is 63.5 Å². The molecule has 1 amide bonds. The molecule has 3 nitrogen and oxygen atoms in total. The molecule has 0 bridgehead atoms. The van der Waals surface area contributed by atoms with Crippen molar-refractivity contribution < 1.29 is 9.53 Å². The second-order valence-corrected chi connectivity index (χ2v) is 7.27. The van der Waals surface area contributed by atoms with Crippen molar-refractivity contribution >= 4 is 61.9 Å². The second-order valence-electron chi connectivity index (χ2n) is 4.74. The maximum Gasteiger partial charge on any atom is 0.270 e. The van der Waals surface area contributed by atoms with Crippen LogP contribution in [0.1, 0.15) is 5.56 Å². The summed E-state index contributed by atoms with van der Waals surface area (Å²) >= 11 is 10.2. The largest absolute Gasteiger partial charge is 0.497 e. The third-order valence-electron chi connectivity index (χ3n) is 3.30. The Bertz CT molecular complexity index is 802. The number of carbonyl (C=O) groups is 1. The van der Waals surface area contributed by atoms with Gasteiger partial charge in [0.15, 0.2) is 4.32 Å². The molecule has 0 aliphatic carbocycles. The van der Waals surface area contributed by atoms with Gasteiger partial charge in [-0.05, 0) is 51.8 Å². The van der Waals surface area contributed by atoms with E-state index < -0.39 is 0 Å². The lowest BCUT2D eigenvalue weighted by Crippen LogP contribution is -2.27. The van der Waals surface area contributed by atoms with Crippen LogP contribution in [0.5, 0.6) is 5.75 Å². The van der Waals surface area contributed by atoms with Crippen molar-refractivity contribution in [2.45, 2.75) is 0 Å². The summed E-state index contributed by atoms with van der Waals surface area (Å²) in [5, 5.41) is 0. The number of ether oxygens (including phenoxy) is 1. The van der Waals surface area contributed by atoms with E-state index >= 15 is 0 Å². The summed E-state index contributed by atoms with van der Waals surface area (Å²) in [6.07, 6.45) is 1.84. The summed E-state index contributed by atoms with van der Waals surface area (Å²) in [6, 6.07) is 15.1. The van der Waals surface area contributed by atoms with E-state index in [-0.39, 0.29) is 5.91 Å². The van der Waals surface area contributed by atoms with Gasteiger partial charge < -0.3 is 4.74 Å². The van der Waals surface area contributed by atoms with E-state index in [1.165, 1.54) is 11.8 Å². The molecular weight excluding hydrogens is 394 g/mol. The Kier molecular flexibility index (Phi) is 4.84. The van der Waals surface area contributed by atoms with Gasteiger partial charge in [-0.1, -0.05) is 48.2 Å². The van der Waals surface area contributed by atoms with Crippen LogP contribution in [-0.4, -0.2) is 17.3 Å². The Labute approximate surface area is 152 Å². The van der Waals surface area contributed by atoms with Crippen molar-refractivity contribution in [2.75, 3.05) is 12.0 Å². The smallest absolute Gasteiger partial charge is 0.270 e. The fourth-order valence-electron chi connectivity index (χ4n) is 2.16. The molecule has 2 aromatic carbocycles. The van der Waals surface area contributed by atoms with Gasteiger partial charge in [0.25, 0.3) is 5.91 Å². The predicted molar refractivity (Wildman–Crippen MR) is 103 cm³/mol. The molecule has 0 saturated carbocycles. The maximum absolute atomic E-state index is 12.7. The number of thiocarbonyl (C=S) groups is 1. The van der Waals surface area contributed by atoms with Crippen LogP contribution < -0.4 is 9.64 Å². The molecule has 0 spiro atoms. The summed E-state index contributed by atoms with van der Waals surface area (Å²) in [7, 11) is 1.62. The molecule has 1 aliphatic heterocycles. The summed E-state index contributed by atoms with van der Waals surface area (Å²) in [5.41, 5.74) is 1.69. The summed E-state index contributed by atoms with van der Waals surface area (Å²) in [4.78, 5) is 14.9. The molecule has 0 atom stereocenters. The Hall–Kier alpha value is -1.63. The van der Waals surface area contributed by atoms with Gasteiger partial charge in [0, 0.05) is 4.47 Å². The third-order valence-corrected chi connectivity index (χ3v) is 5.27. The van der Waals surface area contributed by atoms with E-state index in [0.717, 1.165) is 21.5 Å². The molecule has 116 valence electrons. The van der Waals surface area contributed by atoms with E-state index in [2.05, 4.69) is 15.9 Å². The number of rotatable bonds is 3. The number of para-hydroxylation sites is 1. The lowest BCUT2D eigenvalue weighted by atomic mass is 10.2. The molecule has 0 radical (unpaired) electrons. The summed E-state index contributed by atoms with van der Waals surface area (Å²) in [6.45, 7) is 0. The number of hydrogen-bond donors (Lipinski definition) is 0. The van der Waals surface area contributed by atoms with Crippen LogP contribution >= 0.6 is 39.9 Å². The van der Waals surface area contributed by atoms with E-state index in [9.17, 15) is 4.79 Å².